The van der Waals surface area contributed by atoms with Gasteiger partial charge in [-0.15, -0.1) is 0 Å². The molecule has 0 radical (unpaired) electrons. The van der Waals surface area contributed by atoms with E-state index in [1.54, 1.807) is 0 Å². The maximum Gasteiger partial charge on any atom is 0.305 e. The van der Waals surface area contributed by atoms with Crippen molar-refractivity contribution in [2.45, 2.75) is 259 Å². The van der Waals surface area contributed by atoms with Crippen molar-refractivity contribution < 1.29 is 19.1 Å². The fourth-order valence-electron chi connectivity index (χ4n) is 8.21. The molecule has 0 heterocycles. The molecule has 57 heavy (non-hydrogen) atoms. The summed E-state index contributed by atoms with van der Waals surface area (Å²) in [6, 6.07) is 0. The Morgan fingerprint density at radius 1 is 0.404 bits per heavy atom. The molecule has 0 spiro atoms. The van der Waals surface area contributed by atoms with Crippen LogP contribution in [0.3, 0.4) is 0 Å². The molecule has 0 aromatic carbocycles. The SMILES string of the molecule is CCCCCCCCC(CCCCCC)COC(=O)CCCCCCCN(CCCCCCCC(=O)OCC(CCCCCC)CCCCCCCC)CCNC. The van der Waals surface area contributed by atoms with Gasteiger partial charge < -0.3 is 19.7 Å². The first-order valence-electron chi connectivity index (χ1n) is 25.7. The molecule has 0 aromatic rings. The molecule has 2 atom stereocenters. The molecule has 0 saturated heterocycles. The van der Waals surface area contributed by atoms with E-state index in [-0.39, 0.29) is 11.9 Å². The Morgan fingerprint density at radius 3 is 1.05 bits per heavy atom. The fourth-order valence-corrected chi connectivity index (χ4v) is 8.21. The standard InChI is InChI=1S/C51H102N2O4/c1-6-10-14-18-22-30-38-48(36-28-16-12-8-3)46-56-50(54)40-32-24-20-26-34-43-53(45-42-52-5)44-35-27-21-25-33-41-51(55)57-47-49(37-29-17-13-9-4)39-31-23-19-15-11-7-2/h48-49,52H,6-47H2,1-5H3. The van der Waals surface area contributed by atoms with Gasteiger partial charge in [-0.1, -0.05) is 195 Å². The van der Waals surface area contributed by atoms with Gasteiger partial charge in [0.2, 0.25) is 0 Å². The Bertz CT molecular complexity index is 761. The van der Waals surface area contributed by atoms with E-state index in [2.05, 4.69) is 37.9 Å². The van der Waals surface area contributed by atoms with Crippen LogP contribution in [-0.4, -0.2) is 63.3 Å². The van der Waals surface area contributed by atoms with Crippen LogP contribution < -0.4 is 5.32 Å². The first-order valence-corrected chi connectivity index (χ1v) is 25.7. The zero-order chi connectivity index (χ0) is 41.7. The summed E-state index contributed by atoms with van der Waals surface area (Å²) >= 11 is 0. The van der Waals surface area contributed by atoms with E-state index in [9.17, 15) is 9.59 Å². The molecule has 0 fully saturated rings. The zero-order valence-electron chi connectivity index (χ0n) is 39.4. The summed E-state index contributed by atoms with van der Waals surface area (Å²) in [6.45, 7) is 14.8. The zero-order valence-corrected chi connectivity index (χ0v) is 39.4. The highest BCUT2D eigenvalue weighted by Gasteiger charge is 2.14. The van der Waals surface area contributed by atoms with Crippen LogP contribution in [0, 0.1) is 11.8 Å². The predicted molar refractivity (Wildman–Crippen MR) is 248 cm³/mol. The van der Waals surface area contributed by atoms with Crippen molar-refractivity contribution in [2.75, 3.05) is 46.4 Å². The number of hydrogen-bond donors (Lipinski definition) is 1. The molecule has 0 bridgehead atoms. The molecule has 0 amide bonds. The van der Waals surface area contributed by atoms with Crippen LogP contribution >= 0.6 is 0 Å². The number of esters is 2. The van der Waals surface area contributed by atoms with Gasteiger partial charge in [0.15, 0.2) is 0 Å². The quantitative estimate of drug-likeness (QED) is 0.0488. The maximum atomic E-state index is 12.6. The largest absolute Gasteiger partial charge is 0.465 e. The molecule has 0 rings (SSSR count). The molecular weight excluding hydrogens is 705 g/mol. The number of carbonyl (C=O) groups is 2. The minimum Gasteiger partial charge on any atom is -0.465 e. The van der Waals surface area contributed by atoms with Crippen molar-refractivity contribution >= 4 is 11.9 Å². The van der Waals surface area contributed by atoms with Crippen molar-refractivity contribution in [1.82, 2.24) is 10.2 Å². The average Bonchev–Trinajstić information content (AvgIpc) is 3.21. The predicted octanol–water partition coefficient (Wildman–Crippen LogP) is 14.9. The Kier molecular flexibility index (Phi) is 45.0. The molecule has 0 aromatic heterocycles. The minimum absolute atomic E-state index is 0.0189. The third kappa shape index (κ3) is 41.4. The molecule has 0 aliphatic carbocycles. The van der Waals surface area contributed by atoms with Gasteiger partial charge >= 0.3 is 11.9 Å². The number of unbranched alkanes of at least 4 members (excludes halogenated alkanes) is 24. The summed E-state index contributed by atoms with van der Waals surface area (Å²) in [4.78, 5) is 27.7. The monoisotopic (exact) mass is 807 g/mol. The number of carbonyl (C=O) groups excluding carboxylic acids is 2. The van der Waals surface area contributed by atoms with E-state index in [1.807, 2.05) is 7.05 Å². The van der Waals surface area contributed by atoms with Gasteiger partial charge in [0.05, 0.1) is 13.2 Å². The van der Waals surface area contributed by atoms with Crippen molar-refractivity contribution in [3.63, 3.8) is 0 Å². The van der Waals surface area contributed by atoms with Gasteiger partial charge in [-0.2, -0.15) is 0 Å². The van der Waals surface area contributed by atoms with Gasteiger partial charge in [0.1, 0.15) is 0 Å². The highest BCUT2D eigenvalue weighted by Crippen LogP contribution is 2.22. The summed E-state index contributed by atoms with van der Waals surface area (Å²) in [7, 11) is 2.04. The lowest BCUT2D eigenvalue weighted by Crippen LogP contribution is -2.32. The summed E-state index contributed by atoms with van der Waals surface area (Å²) in [6.07, 6.45) is 43.8. The topological polar surface area (TPSA) is 67.9 Å². The van der Waals surface area contributed by atoms with Crippen molar-refractivity contribution in [2.24, 2.45) is 11.8 Å². The number of hydrogen-bond acceptors (Lipinski definition) is 6. The number of nitrogens with one attached hydrogen (secondary N) is 1. The van der Waals surface area contributed by atoms with Crippen LogP contribution in [0.5, 0.6) is 0 Å². The Balaban J connectivity index is 4.15. The normalized spacial score (nSPS) is 12.7. The Labute approximate surface area is 357 Å². The first kappa shape index (κ1) is 55.9. The average molecular weight is 807 g/mol. The van der Waals surface area contributed by atoms with E-state index in [0.29, 0.717) is 37.9 Å². The van der Waals surface area contributed by atoms with Crippen LogP contribution in [0.2, 0.25) is 0 Å². The highest BCUT2D eigenvalue weighted by atomic mass is 16.5. The van der Waals surface area contributed by atoms with Gasteiger partial charge in [0, 0.05) is 25.9 Å². The molecule has 0 saturated carbocycles. The van der Waals surface area contributed by atoms with Crippen LogP contribution in [0.1, 0.15) is 259 Å². The second-order valence-corrected chi connectivity index (χ2v) is 17.9. The van der Waals surface area contributed by atoms with Crippen molar-refractivity contribution in [1.29, 1.82) is 0 Å². The fraction of sp³-hybridized carbons (Fsp3) is 0.961. The van der Waals surface area contributed by atoms with Crippen LogP contribution in [0.25, 0.3) is 0 Å². The van der Waals surface area contributed by atoms with E-state index in [1.165, 1.54) is 193 Å². The second-order valence-electron chi connectivity index (χ2n) is 17.9. The maximum absolute atomic E-state index is 12.6. The summed E-state index contributed by atoms with van der Waals surface area (Å²) in [5, 5.41) is 3.33. The number of nitrogens with zero attached hydrogens (tertiary/aromatic N) is 1. The lowest BCUT2D eigenvalue weighted by molar-refractivity contribution is -0.146. The Hall–Kier alpha value is -1.14. The second kappa shape index (κ2) is 45.9. The summed E-state index contributed by atoms with van der Waals surface area (Å²) < 4.78 is 11.6. The lowest BCUT2D eigenvalue weighted by Gasteiger charge is -2.22. The smallest absolute Gasteiger partial charge is 0.305 e. The molecule has 1 N–H and O–H groups in total. The van der Waals surface area contributed by atoms with E-state index in [4.69, 9.17) is 9.47 Å². The van der Waals surface area contributed by atoms with Gasteiger partial charge in [0.25, 0.3) is 0 Å². The molecule has 0 aliphatic heterocycles. The van der Waals surface area contributed by atoms with Crippen LogP contribution in [0.15, 0.2) is 0 Å². The van der Waals surface area contributed by atoms with E-state index in [0.717, 1.165) is 51.9 Å². The molecular formula is C51H102N2O4. The molecule has 2 unspecified atom stereocenters. The lowest BCUT2D eigenvalue weighted by atomic mass is 9.95. The van der Waals surface area contributed by atoms with Crippen LogP contribution in [0.4, 0.5) is 0 Å². The molecule has 6 nitrogen and oxygen atoms in total. The van der Waals surface area contributed by atoms with Gasteiger partial charge in [-0.3, -0.25) is 9.59 Å². The van der Waals surface area contributed by atoms with Gasteiger partial charge in [-0.05, 0) is 83.3 Å². The van der Waals surface area contributed by atoms with Crippen molar-refractivity contribution in [3.8, 4) is 0 Å². The molecule has 0 aliphatic rings. The molecule has 6 heteroatoms. The highest BCUT2D eigenvalue weighted by molar-refractivity contribution is 5.69. The third-order valence-corrected chi connectivity index (χ3v) is 12.2. The van der Waals surface area contributed by atoms with E-state index < -0.39 is 0 Å². The summed E-state index contributed by atoms with van der Waals surface area (Å²) in [5.74, 6) is 1.13. The van der Waals surface area contributed by atoms with Crippen molar-refractivity contribution in [3.05, 3.63) is 0 Å². The number of ether oxygens (including phenoxy) is 2. The van der Waals surface area contributed by atoms with Gasteiger partial charge in [-0.25, -0.2) is 0 Å². The first-order chi connectivity index (χ1) is 28.0. The van der Waals surface area contributed by atoms with E-state index >= 15 is 0 Å². The molecule has 340 valence electrons. The number of rotatable bonds is 47. The summed E-state index contributed by atoms with van der Waals surface area (Å²) in [5.41, 5.74) is 0. The Morgan fingerprint density at radius 2 is 0.702 bits per heavy atom. The minimum atomic E-state index is 0.0189. The van der Waals surface area contributed by atoms with Crippen LogP contribution in [-0.2, 0) is 19.1 Å². The third-order valence-electron chi connectivity index (χ3n) is 12.2. The number of likely N-dealkylation sites (N-methyl/N-ethyl adjacent to an activating group) is 1.